The molecule has 4 heteroatoms. The quantitative estimate of drug-likeness (QED) is 0.778. The number of ether oxygens (including phenoxy) is 1. The maximum atomic E-state index is 8.91. The minimum atomic E-state index is 0.761. The van der Waals surface area contributed by atoms with Crippen LogP contribution in [0.15, 0.2) is 18.2 Å². The molecule has 0 unspecified atom stereocenters. The number of morpholine rings is 1. The zero-order valence-corrected chi connectivity index (χ0v) is 12.5. The van der Waals surface area contributed by atoms with E-state index in [1.165, 1.54) is 9.13 Å². The van der Waals surface area contributed by atoms with Gasteiger partial charge in [0.15, 0.2) is 0 Å². The second-order valence-corrected chi connectivity index (χ2v) is 5.64. The third-order valence-electron chi connectivity index (χ3n) is 3.20. The first-order valence-corrected chi connectivity index (χ1v) is 7.36. The Kier molecular flexibility index (Phi) is 5.42. The van der Waals surface area contributed by atoms with Crippen molar-refractivity contribution in [2.24, 2.45) is 0 Å². The molecule has 3 nitrogen and oxygen atoms in total. The van der Waals surface area contributed by atoms with E-state index in [4.69, 9.17) is 10.00 Å². The molecule has 96 valence electrons. The van der Waals surface area contributed by atoms with E-state index in [0.29, 0.717) is 0 Å². The lowest BCUT2D eigenvalue weighted by atomic mass is 10.1. The minimum Gasteiger partial charge on any atom is -0.379 e. The van der Waals surface area contributed by atoms with Crippen LogP contribution in [-0.4, -0.2) is 37.7 Å². The average Bonchev–Trinajstić information content (AvgIpc) is 2.42. The van der Waals surface area contributed by atoms with Crippen molar-refractivity contribution in [1.82, 2.24) is 4.90 Å². The highest BCUT2D eigenvalue weighted by Gasteiger charge is 2.10. The molecule has 1 fully saturated rings. The standard InChI is InChI=1S/C14H17IN2O/c15-14-4-3-12(11-16)10-13(14)2-1-5-17-6-8-18-9-7-17/h3-4,10H,1-2,5-9H2. The maximum Gasteiger partial charge on any atom is 0.0991 e. The second-order valence-electron chi connectivity index (χ2n) is 4.48. The van der Waals surface area contributed by atoms with Crippen LogP contribution < -0.4 is 0 Å². The van der Waals surface area contributed by atoms with Crippen molar-refractivity contribution in [3.8, 4) is 6.07 Å². The fourth-order valence-corrected chi connectivity index (χ4v) is 2.76. The smallest absolute Gasteiger partial charge is 0.0991 e. The number of hydrogen-bond donors (Lipinski definition) is 0. The SMILES string of the molecule is N#Cc1ccc(I)c(CCCN2CCOCC2)c1. The van der Waals surface area contributed by atoms with Crippen molar-refractivity contribution in [1.29, 1.82) is 5.26 Å². The largest absolute Gasteiger partial charge is 0.379 e. The van der Waals surface area contributed by atoms with Crippen LogP contribution in [0.5, 0.6) is 0 Å². The molecule has 1 aliphatic rings. The topological polar surface area (TPSA) is 36.3 Å². The van der Waals surface area contributed by atoms with Gasteiger partial charge in [-0.25, -0.2) is 0 Å². The molecule has 1 aromatic rings. The van der Waals surface area contributed by atoms with Gasteiger partial charge < -0.3 is 4.74 Å². The Hall–Kier alpha value is -0.640. The van der Waals surface area contributed by atoms with Crippen molar-refractivity contribution >= 4 is 22.6 Å². The molecule has 18 heavy (non-hydrogen) atoms. The molecule has 1 heterocycles. The Balaban J connectivity index is 1.84. The summed E-state index contributed by atoms with van der Waals surface area (Å²) in [5.41, 5.74) is 2.06. The summed E-state index contributed by atoms with van der Waals surface area (Å²) in [6.07, 6.45) is 2.19. The Labute approximate surface area is 122 Å². The molecule has 0 aromatic heterocycles. The number of rotatable bonds is 4. The summed E-state index contributed by atoms with van der Waals surface area (Å²) in [5.74, 6) is 0. The van der Waals surface area contributed by atoms with Gasteiger partial charge >= 0.3 is 0 Å². The molecular weight excluding hydrogens is 339 g/mol. The number of benzene rings is 1. The van der Waals surface area contributed by atoms with Crippen molar-refractivity contribution in [2.75, 3.05) is 32.8 Å². The average molecular weight is 356 g/mol. The fourth-order valence-electron chi connectivity index (χ4n) is 2.15. The number of nitrogens with zero attached hydrogens (tertiary/aromatic N) is 2. The minimum absolute atomic E-state index is 0.761. The number of nitriles is 1. The predicted molar refractivity (Wildman–Crippen MR) is 79.5 cm³/mol. The Morgan fingerprint density at radius 2 is 2.11 bits per heavy atom. The zero-order valence-electron chi connectivity index (χ0n) is 10.4. The van der Waals surface area contributed by atoms with Crippen LogP contribution in [0.2, 0.25) is 0 Å². The summed E-state index contributed by atoms with van der Waals surface area (Å²) in [5, 5.41) is 8.91. The zero-order chi connectivity index (χ0) is 12.8. The van der Waals surface area contributed by atoms with E-state index in [0.717, 1.165) is 51.3 Å². The molecule has 0 radical (unpaired) electrons. The Morgan fingerprint density at radius 1 is 1.33 bits per heavy atom. The van der Waals surface area contributed by atoms with Gasteiger partial charge in [-0.05, 0) is 65.7 Å². The third kappa shape index (κ3) is 3.94. The highest BCUT2D eigenvalue weighted by atomic mass is 127. The summed E-state index contributed by atoms with van der Waals surface area (Å²) in [4.78, 5) is 2.45. The Bertz CT molecular complexity index is 436. The summed E-state index contributed by atoms with van der Waals surface area (Å²) in [7, 11) is 0. The van der Waals surface area contributed by atoms with Crippen molar-refractivity contribution in [2.45, 2.75) is 12.8 Å². The van der Waals surface area contributed by atoms with E-state index in [-0.39, 0.29) is 0 Å². The van der Waals surface area contributed by atoms with Crippen LogP contribution in [0, 0.1) is 14.9 Å². The second kappa shape index (κ2) is 7.07. The molecule has 2 rings (SSSR count). The number of aryl methyl sites for hydroxylation is 1. The third-order valence-corrected chi connectivity index (χ3v) is 4.25. The van der Waals surface area contributed by atoms with Crippen LogP contribution in [-0.2, 0) is 11.2 Å². The number of halogens is 1. The molecule has 0 bridgehead atoms. The van der Waals surface area contributed by atoms with Crippen LogP contribution in [0.25, 0.3) is 0 Å². The lowest BCUT2D eigenvalue weighted by molar-refractivity contribution is 0.0374. The molecular formula is C14H17IN2O. The molecule has 0 aliphatic carbocycles. The molecule has 1 aliphatic heterocycles. The van der Waals surface area contributed by atoms with E-state index in [1.54, 1.807) is 0 Å². The summed E-state index contributed by atoms with van der Waals surface area (Å²) in [6, 6.07) is 8.13. The van der Waals surface area contributed by atoms with Gasteiger partial charge in [-0.2, -0.15) is 5.26 Å². The molecule has 1 saturated heterocycles. The maximum absolute atomic E-state index is 8.91. The first-order valence-electron chi connectivity index (χ1n) is 6.28. The number of hydrogen-bond acceptors (Lipinski definition) is 3. The lowest BCUT2D eigenvalue weighted by Crippen LogP contribution is -2.36. The summed E-state index contributed by atoms with van der Waals surface area (Å²) >= 11 is 2.34. The van der Waals surface area contributed by atoms with Crippen LogP contribution >= 0.6 is 22.6 Å². The monoisotopic (exact) mass is 356 g/mol. The first kappa shape index (κ1) is 13.8. The van der Waals surface area contributed by atoms with E-state index in [1.807, 2.05) is 18.2 Å². The lowest BCUT2D eigenvalue weighted by Gasteiger charge is -2.26. The molecule has 1 aromatic carbocycles. The van der Waals surface area contributed by atoms with E-state index < -0.39 is 0 Å². The van der Waals surface area contributed by atoms with E-state index >= 15 is 0 Å². The van der Waals surface area contributed by atoms with Crippen molar-refractivity contribution in [3.63, 3.8) is 0 Å². The highest BCUT2D eigenvalue weighted by molar-refractivity contribution is 14.1. The van der Waals surface area contributed by atoms with Gasteiger partial charge in [-0.1, -0.05) is 0 Å². The van der Waals surface area contributed by atoms with Gasteiger partial charge in [0.25, 0.3) is 0 Å². The van der Waals surface area contributed by atoms with Crippen LogP contribution in [0.3, 0.4) is 0 Å². The molecule has 0 spiro atoms. The molecule has 0 atom stereocenters. The van der Waals surface area contributed by atoms with Crippen LogP contribution in [0.4, 0.5) is 0 Å². The molecule has 0 amide bonds. The van der Waals surface area contributed by atoms with Gasteiger partial charge in [-0.3, -0.25) is 4.90 Å². The molecule has 0 N–H and O–H groups in total. The van der Waals surface area contributed by atoms with Gasteiger partial charge in [0, 0.05) is 16.7 Å². The van der Waals surface area contributed by atoms with Gasteiger partial charge in [0.05, 0.1) is 24.8 Å². The van der Waals surface area contributed by atoms with Gasteiger partial charge in [0.1, 0.15) is 0 Å². The van der Waals surface area contributed by atoms with Crippen molar-refractivity contribution < 1.29 is 4.74 Å². The Morgan fingerprint density at radius 3 is 2.83 bits per heavy atom. The predicted octanol–water partition coefficient (Wildman–Crippen LogP) is 2.43. The molecule has 0 saturated carbocycles. The highest BCUT2D eigenvalue weighted by Crippen LogP contribution is 2.16. The van der Waals surface area contributed by atoms with Gasteiger partial charge in [0.2, 0.25) is 0 Å². The van der Waals surface area contributed by atoms with E-state index in [2.05, 4.69) is 33.6 Å². The van der Waals surface area contributed by atoms with Crippen molar-refractivity contribution in [3.05, 3.63) is 32.9 Å². The first-order chi connectivity index (χ1) is 8.79. The fraction of sp³-hybridized carbons (Fsp3) is 0.500. The van der Waals surface area contributed by atoms with Crippen LogP contribution in [0.1, 0.15) is 17.5 Å². The normalized spacial score (nSPS) is 16.4. The van der Waals surface area contributed by atoms with E-state index in [9.17, 15) is 0 Å². The van der Waals surface area contributed by atoms with Gasteiger partial charge in [-0.15, -0.1) is 0 Å². The summed E-state index contributed by atoms with van der Waals surface area (Å²) in [6.45, 7) is 4.95. The summed E-state index contributed by atoms with van der Waals surface area (Å²) < 4.78 is 6.59.